The minimum atomic E-state index is -1.49. The van der Waals surface area contributed by atoms with E-state index in [1.165, 1.54) is 4.90 Å². The molecule has 4 aromatic heterocycles. The molecule has 0 aliphatic carbocycles. The minimum absolute atomic E-state index is 0.0677. The molecule has 1 fully saturated rings. The quantitative estimate of drug-likeness (QED) is 0.335. The van der Waals surface area contributed by atoms with Crippen molar-refractivity contribution in [2.75, 3.05) is 23.8 Å². The molecule has 0 spiro atoms. The molecule has 35 heavy (non-hydrogen) atoms. The highest BCUT2D eigenvalue weighted by Gasteiger charge is 2.38. The molecule has 0 unspecified atom stereocenters. The number of H-pyrrole nitrogens is 1. The van der Waals surface area contributed by atoms with Crippen molar-refractivity contribution < 1.29 is 14.6 Å². The number of hydrogen-bond acceptors (Lipinski definition) is 10. The molecule has 6 rings (SSSR count). The standard InChI is InChI=1S/C22H18N8O4S/c23-19-12-1-2-13-15(18(12)35-28-19)21(32)26-20(25-13)16(31)17-22(33)29(9-10-34-17)14-5-8-30(27-14)11-3-6-24-7-4-11/h1-8,16-17,31H,9-10H2,(H2,23,28)(H,25,26,32)/t16-,17-/m1/s1. The number of fused-ring (bicyclic) bond motifs is 3. The number of hydrogen-bond donors (Lipinski definition) is 3. The third kappa shape index (κ3) is 3.53. The van der Waals surface area contributed by atoms with Crippen LogP contribution < -0.4 is 16.2 Å². The van der Waals surface area contributed by atoms with E-state index in [1.807, 2.05) is 0 Å². The fourth-order valence-electron chi connectivity index (χ4n) is 4.11. The molecule has 2 atom stereocenters. The molecular formula is C22H18N8O4S. The molecule has 176 valence electrons. The minimum Gasteiger partial charge on any atom is -0.382 e. The molecule has 0 saturated carbocycles. The van der Waals surface area contributed by atoms with Crippen molar-refractivity contribution in [2.24, 2.45) is 0 Å². The number of aliphatic hydroxyl groups is 1. The number of nitrogens with two attached hydrogens (primary N) is 1. The molecule has 1 aromatic carbocycles. The lowest BCUT2D eigenvalue weighted by Crippen LogP contribution is -2.50. The van der Waals surface area contributed by atoms with Crippen LogP contribution in [0.25, 0.3) is 26.7 Å². The predicted molar refractivity (Wildman–Crippen MR) is 128 cm³/mol. The number of ether oxygens (including phenoxy) is 1. The van der Waals surface area contributed by atoms with Crippen LogP contribution in [-0.2, 0) is 9.53 Å². The van der Waals surface area contributed by atoms with Gasteiger partial charge in [0.15, 0.2) is 11.9 Å². The molecule has 1 saturated heterocycles. The van der Waals surface area contributed by atoms with Crippen LogP contribution in [0.4, 0.5) is 11.6 Å². The molecule has 0 bridgehead atoms. The molecule has 12 nitrogen and oxygen atoms in total. The van der Waals surface area contributed by atoms with Gasteiger partial charge in [0.05, 0.1) is 34.4 Å². The first-order valence-electron chi connectivity index (χ1n) is 10.7. The first kappa shape index (κ1) is 21.3. The topological polar surface area (TPSA) is 165 Å². The maximum Gasteiger partial charge on any atom is 0.282 e. The zero-order valence-electron chi connectivity index (χ0n) is 18.0. The third-order valence-electron chi connectivity index (χ3n) is 5.83. The van der Waals surface area contributed by atoms with Crippen LogP contribution in [0.3, 0.4) is 0 Å². The molecule has 13 heteroatoms. The molecule has 1 amide bonds. The van der Waals surface area contributed by atoms with E-state index < -0.39 is 23.7 Å². The summed E-state index contributed by atoms with van der Waals surface area (Å²) in [6, 6.07) is 8.70. The van der Waals surface area contributed by atoms with Crippen molar-refractivity contribution >= 4 is 50.1 Å². The van der Waals surface area contributed by atoms with Crippen molar-refractivity contribution in [3.63, 3.8) is 0 Å². The van der Waals surface area contributed by atoms with Gasteiger partial charge in [-0.2, -0.15) is 9.36 Å². The van der Waals surface area contributed by atoms with Crippen LogP contribution in [0.15, 0.2) is 53.7 Å². The molecule has 1 aliphatic heterocycles. The van der Waals surface area contributed by atoms with Crippen molar-refractivity contribution in [3.05, 3.63) is 65.1 Å². The van der Waals surface area contributed by atoms with Gasteiger partial charge in [-0.3, -0.25) is 19.5 Å². The van der Waals surface area contributed by atoms with Gasteiger partial charge in [-0.25, -0.2) is 4.68 Å². The Morgan fingerprint density at radius 3 is 2.86 bits per heavy atom. The number of anilines is 2. The second-order valence-electron chi connectivity index (χ2n) is 7.91. The zero-order chi connectivity index (χ0) is 24.1. The number of morpholine rings is 1. The van der Waals surface area contributed by atoms with E-state index >= 15 is 0 Å². The number of amides is 1. The Morgan fingerprint density at radius 2 is 2.03 bits per heavy atom. The van der Waals surface area contributed by atoms with Crippen LogP contribution in [0.1, 0.15) is 11.9 Å². The van der Waals surface area contributed by atoms with Gasteiger partial charge < -0.3 is 20.6 Å². The van der Waals surface area contributed by atoms with Gasteiger partial charge in [-0.05, 0) is 35.8 Å². The highest BCUT2D eigenvalue weighted by molar-refractivity contribution is 7.14. The molecule has 4 N–H and O–H groups in total. The van der Waals surface area contributed by atoms with E-state index in [2.05, 4.69) is 24.4 Å². The number of aromatic amines is 1. The van der Waals surface area contributed by atoms with Crippen LogP contribution >= 0.6 is 11.5 Å². The number of carbonyl (C=O) groups is 1. The second kappa shape index (κ2) is 8.23. The molecule has 0 radical (unpaired) electrons. The largest absolute Gasteiger partial charge is 0.382 e. The summed E-state index contributed by atoms with van der Waals surface area (Å²) < 4.78 is 11.9. The molecule has 5 heterocycles. The summed E-state index contributed by atoms with van der Waals surface area (Å²) in [5, 5.41) is 16.5. The van der Waals surface area contributed by atoms with Gasteiger partial charge in [0.2, 0.25) is 0 Å². The zero-order valence-corrected chi connectivity index (χ0v) is 18.8. The van der Waals surface area contributed by atoms with Crippen LogP contribution in [0, 0.1) is 0 Å². The van der Waals surface area contributed by atoms with Crippen LogP contribution in [0.2, 0.25) is 0 Å². The number of aromatic nitrogens is 6. The number of benzene rings is 1. The molecule has 5 aromatic rings. The van der Waals surface area contributed by atoms with Crippen molar-refractivity contribution in [1.82, 2.24) is 29.1 Å². The molecule has 1 aliphatic rings. The van der Waals surface area contributed by atoms with Gasteiger partial charge in [0.25, 0.3) is 11.5 Å². The second-order valence-corrected chi connectivity index (χ2v) is 8.68. The summed E-state index contributed by atoms with van der Waals surface area (Å²) in [6.07, 6.45) is 2.27. The summed E-state index contributed by atoms with van der Waals surface area (Å²) in [4.78, 5) is 38.5. The Morgan fingerprint density at radius 1 is 1.20 bits per heavy atom. The fourth-order valence-corrected chi connectivity index (χ4v) is 4.96. The number of pyridine rings is 1. The van der Waals surface area contributed by atoms with E-state index in [0.717, 1.165) is 17.2 Å². The van der Waals surface area contributed by atoms with Crippen molar-refractivity contribution in [1.29, 1.82) is 0 Å². The Labute approximate surface area is 200 Å². The van der Waals surface area contributed by atoms with Gasteiger partial charge in [0, 0.05) is 30.0 Å². The highest BCUT2D eigenvalue weighted by Crippen LogP contribution is 2.30. The Balaban J connectivity index is 1.31. The fraction of sp³-hybridized carbons (Fsp3) is 0.182. The van der Waals surface area contributed by atoms with Gasteiger partial charge in [0.1, 0.15) is 17.7 Å². The van der Waals surface area contributed by atoms with E-state index in [9.17, 15) is 14.7 Å². The Hall–Kier alpha value is -4.20. The van der Waals surface area contributed by atoms with E-state index in [4.69, 9.17) is 10.5 Å². The van der Waals surface area contributed by atoms with Gasteiger partial charge in [-0.1, -0.05) is 0 Å². The number of nitrogen functional groups attached to an aromatic ring is 1. The lowest BCUT2D eigenvalue weighted by Gasteiger charge is -2.32. The van der Waals surface area contributed by atoms with E-state index in [0.29, 0.717) is 32.6 Å². The average Bonchev–Trinajstić information content (AvgIpc) is 3.51. The normalized spacial score (nSPS) is 17.3. The van der Waals surface area contributed by atoms with Crippen LogP contribution in [0.5, 0.6) is 0 Å². The Bertz CT molecular complexity index is 1630. The third-order valence-corrected chi connectivity index (χ3v) is 6.73. The first-order valence-corrected chi connectivity index (χ1v) is 11.4. The molecular weight excluding hydrogens is 472 g/mol. The average molecular weight is 491 g/mol. The number of aliphatic hydroxyl groups excluding tert-OH is 1. The lowest BCUT2D eigenvalue weighted by atomic mass is 10.1. The van der Waals surface area contributed by atoms with Crippen LogP contribution in [-0.4, -0.2) is 59.4 Å². The summed E-state index contributed by atoms with van der Waals surface area (Å²) in [7, 11) is 0. The maximum atomic E-state index is 13.3. The monoisotopic (exact) mass is 490 g/mol. The first-order chi connectivity index (χ1) is 17.0. The number of rotatable bonds is 4. The predicted octanol–water partition coefficient (Wildman–Crippen LogP) is 1.16. The van der Waals surface area contributed by atoms with E-state index in [-0.39, 0.29) is 19.0 Å². The Kier molecular flexibility index (Phi) is 5.02. The summed E-state index contributed by atoms with van der Waals surface area (Å²) >= 11 is 1.10. The number of nitrogens with one attached hydrogen (secondary N) is 1. The van der Waals surface area contributed by atoms with Gasteiger partial charge >= 0.3 is 0 Å². The maximum absolute atomic E-state index is 13.3. The summed E-state index contributed by atoms with van der Waals surface area (Å²) in [6.45, 7) is 0.440. The summed E-state index contributed by atoms with van der Waals surface area (Å²) in [5.74, 6) is 0.194. The van der Waals surface area contributed by atoms with Crippen molar-refractivity contribution in [2.45, 2.75) is 12.2 Å². The smallest absolute Gasteiger partial charge is 0.282 e. The lowest BCUT2D eigenvalue weighted by molar-refractivity contribution is -0.143. The summed E-state index contributed by atoms with van der Waals surface area (Å²) in [5.41, 5.74) is 6.55. The highest BCUT2D eigenvalue weighted by atomic mass is 32.1. The SMILES string of the molecule is Nc1nsc2c1ccc1[nH]c([C@H](O)[C@H]3OCCN(c4ccn(-c5ccncc5)n4)C3=O)nc(=O)c12. The van der Waals surface area contributed by atoms with Gasteiger partial charge in [-0.15, -0.1) is 5.10 Å². The number of carbonyl (C=O) groups excluding carboxylic acids is 1. The van der Waals surface area contributed by atoms with E-state index in [1.54, 1.807) is 53.6 Å². The number of nitrogens with zero attached hydrogens (tertiary/aromatic N) is 6. The van der Waals surface area contributed by atoms with Crippen molar-refractivity contribution in [3.8, 4) is 5.69 Å².